The van der Waals surface area contributed by atoms with E-state index >= 15 is 4.39 Å². The van der Waals surface area contributed by atoms with Crippen molar-refractivity contribution in [1.82, 2.24) is 14.5 Å². The first-order valence-electron chi connectivity index (χ1n) is 13.9. The Labute approximate surface area is 256 Å². The quantitative estimate of drug-likeness (QED) is 0.121. The van der Waals surface area contributed by atoms with Gasteiger partial charge in [-0.25, -0.2) is 13.8 Å². The molecule has 0 saturated carbocycles. The average Bonchev–Trinajstić information content (AvgIpc) is 3.03. The summed E-state index contributed by atoms with van der Waals surface area (Å²) in [6.07, 6.45) is 2.63. The van der Waals surface area contributed by atoms with E-state index in [9.17, 15) is 14.0 Å². The van der Waals surface area contributed by atoms with Crippen LogP contribution in [0.5, 0.6) is 28.9 Å². The summed E-state index contributed by atoms with van der Waals surface area (Å²) in [7, 11) is 3.01. The van der Waals surface area contributed by atoms with Crippen LogP contribution in [-0.4, -0.2) is 54.4 Å². The maximum absolute atomic E-state index is 15.3. The summed E-state index contributed by atoms with van der Waals surface area (Å²) < 4.78 is 57.5. The zero-order valence-electron chi connectivity index (χ0n) is 24.7. The first-order chi connectivity index (χ1) is 21.8. The van der Waals surface area contributed by atoms with Crippen LogP contribution in [-0.2, 0) is 11.2 Å². The molecule has 5 rings (SSSR count). The third-order valence-corrected chi connectivity index (χ3v) is 6.68. The van der Waals surface area contributed by atoms with Gasteiger partial charge in [0.05, 0.1) is 25.7 Å². The van der Waals surface area contributed by atoms with Crippen molar-refractivity contribution in [3.8, 4) is 34.6 Å². The standard InChI is InChI=1S/C33H29F2N3O7/c1-4-43-28-12-14-38(22-8-6-21(34)7-9-22)33(40)30(28)25(39)18-20-5-10-27(24(35)17-20)45-26-11-13-36-31-23(26)19-29(32(37-31)42-3)44-16-15-41-2/h5-14,17,19H,4,15-16,18H2,1-3H3. The molecule has 0 bridgehead atoms. The van der Waals surface area contributed by atoms with E-state index in [-0.39, 0.29) is 48.3 Å². The molecule has 232 valence electrons. The van der Waals surface area contributed by atoms with Crippen LogP contribution in [0.3, 0.4) is 0 Å². The lowest BCUT2D eigenvalue weighted by atomic mass is 10.0. The predicted molar refractivity (Wildman–Crippen MR) is 161 cm³/mol. The maximum atomic E-state index is 15.3. The minimum atomic E-state index is -0.731. The summed E-state index contributed by atoms with van der Waals surface area (Å²) >= 11 is 0. The number of rotatable bonds is 13. The number of carbonyl (C=O) groups excluding carboxylic acids is 1. The zero-order valence-corrected chi connectivity index (χ0v) is 24.7. The predicted octanol–water partition coefficient (Wildman–Crippen LogP) is 5.71. The van der Waals surface area contributed by atoms with Gasteiger partial charge >= 0.3 is 0 Å². The number of pyridine rings is 3. The van der Waals surface area contributed by atoms with E-state index in [1.54, 1.807) is 26.2 Å². The number of halogens is 2. The zero-order chi connectivity index (χ0) is 31.9. The van der Waals surface area contributed by atoms with Gasteiger partial charge in [-0.1, -0.05) is 6.07 Å². The van der Waals surface area contributed by atoms with Crippen molar-refractivity contribution in [2.45, 2.75) is 13.3 Å². The Morgan fingerprint density at radius 3 is 2.40 bits per heavy atom. The van der Waals surface area contributed by atoms with Crippen molar-refractivity contribution < 1.29 is 37.3 Å². The van der Waals surface area contributed by atoms with Gasteiger partial charge in [-0.2, -0.15) is 4.98 Å². The molecular weight excluding hydrogens is 588 g/mol. The Balaban J connectivity index is 1.41. The maximum Gasteiger partial charge on any atom is 0.269 e. The van der Waals surface area contributed by atoms with Crippen molar-refractivity contribution in [3.63, 3.8) is 0 Å². The number of ether oxygens (including phenoxy) is 5. The Bertz CT molecular complexity index is 1900. The van der Waals surface area contributed by atoms with Crippen LogP contribution in [0.15, 0.2) is 77.9 Å². The van der Waals surface area contributed by atoms with E-state index in [1.165, 1.54) is 72.6 Å². The van der Waals surface area contributed by atoms with Crippen molar-refractivity contribution in [2.75, 3.05) is 34.0 Å². The molecule has 0 radical (unpaired) electrons. The molecule has 45 heavy (non-hydrogen) atoms. The third-order valence-electron chi connectivity index (χ3n) is 6.68. The monoisotopic (exact) mass is 617 g/mol. The Hall–Kier alpha value is -5.36. The van der Waals surface area contributed by atoms with E-state index < -0.39 is 23.0 Å². The summed E-state index contributed by atoms with van der Waals surface area (Å²) in [4.78, 5) is 35.4. The molecule has 0 atom stereocenters. The fraction of sp³-hybridized carbons (Fsp3) is 0.212. The number of fused-ring (bicyclic) bond motifs is 1. The molecule has 10 nitrogen and oxygen atoms in total. The highest BCUT2D eigenvalue weighted by Crippen LogP contribution is 2.35. The van der Waals surface area contributed by atoms with Gasteiger partial charge in [0, 0.05) is 37.7 Å². The number of hydrogen-bond donors (Lipinski definition) is 0. The summed E-state index contributed by atoms with van der Waals surface area (Å²) in [6, 6.07) is 14.1. The summed E-state index contributed by atoms with van der Waals surface area (Å²) in [5.41, 5.74) is 0.142. The van der Waals surface area contributed by atoms with Gasteiger partial charge in [-0.3, -0.25) is 14.2 Å². The van der Waals surface area contributed by atoms with Crippen molar-refractivity contribution in [3.05, 3.63) is 106 Å². The molecule has 2 aromatic carbocycles. The van der Waals surface area contributed by atoms with Crippen LogP contribution >= 0.6 is 0 Å². The Morgan fingerprint density at radius 1 is 0.889 bits per heavy atom. The fourth-order valence-corrected chi connectivity index (χ4v) is 4.57. The minimum absolute atomic E-state index is 0.103. The number of Topliss-reactive ketones (excluding diaryl/α,β-unsaturated/α-hetero) is 1. The molecular formula is C33H29F2N3O7. The van der Waals surface area contributed by atoms with Crippen LogP contribution in [0.25, 0.3) is 16.7 Å². The van der Waals surface area contributed by atoms with E-state index in [2.05, 4.69) is 9.97 Å². The van der Waals surface area contributed by atoms with Crippen LogP contribution in [0.2, 0.25) is 0 Å². The van der Waals surface area contributed by atoms with Gasteiger partial charge in [0.15, 0.2) is 28.7 Å². The number of benzene rings is 2. The lowest BCUT2D eigenvalue weighted by Crippen LogP contribution is -2.27. The highest BCUT2D eigenvalue weighted by atomic mass is 19.1. The SMILES string of the molecule is CCOc1ccn(-c2ccc(F)cc2)c(=O)c1C(=O)Cc1ccc(Oc2ccnc3nc(OC)c(OCCOC)cc23)c(F)c1. The second-order valence-corrected chi connectivity index (χ2v) is 9.62. The number of methoxy groups -OCH3 is 2. The average molecular weight is 618 g/mol. The second-order valence-electron chi connectivity index (χ2n) is 9.62. The third kappa shape index (κ3) is 6.91. The smallest absolute Gasteiger partial charge is 0.269 e. The number of ketones is 1. The van der Waals surface area contributed by atoms with Crippen LogP contribution in [0, 0.1) is 11.6 Å². The first-order valence-corrected chi connectivity index (χ1v) is 13.9. The molecule has 3 aromatic heterocycles. The largest absolute Gasteiger partial charge is 0.493 e. The van der Waals surface area contributed by atoms with Crippen molar-refractivity contribution in [2.24, 2.45) is 0 Å². The van der Waals surface area contributed by atoms with E-state index in [4.69, 9.17) is 23.7 Å². The van der Waals surface area contributed by atoms with E-state index in [0.717, 1.165) is 0 Å². The topological polar surface area (TPSA) is 111 Å². The highest BCUT2D eigenvalue weighted by molar-refractivity contribution is 5.99. The molecule has 5 aromatic rings. The molecule has 0 N–H and O–H groups in total. The highest BCUT2D eigenvalue weighted by Gasteiger charge is 2.21. The fourth-order valence-electron chi connectivity index (χ4n) is 4.57. The molecule has 12 heteroatoms. The van der Waals surface area contributed by atoms with Gasteiger partial charge < -0.3 is 23.7 Å². The summed E-state index contributed by atoms with van der Waals surface area (Å²) in [5, 5.41) is 0.453. The van der Waals surface area contributed by atoms with Crippen LogP contribution in [0.1, 0.15) is 22.8 Å². The first kappa shape index (κ1) is 31.1. The minimum Gasteiger partial charge on any atom is -0.493 e. The van der Waals surface area contributed by atoms with Gasteiger partial charge in [0.1, 0.15) is 29.5 Å². The molecule has 0 unspecified atom stereocenters. The second kappa shape index (κ2) is 14.0. The van der Waals surface area contributed by atoms with Crippen molar-refractivity contribution >= 4 is 16.8 Å². The van der Waals surface area contributed by atoms with Gasteiger partial charge in [0.25, 0.3) is 11.4 Å². The molecule has 0 fully saturated rings. The molecule has 3 heterocycles. The molecule has 0 aliphatic rings. The molecule has 0 amide bonds. The van der Waals surface area contributed by atoms with Crippen LogP contribution in [0.4, 0.5) is 8.78 Å². The summed E-state index contributed by atoms with van der Waals surface area (Å²) in [5.74, 6) is -0.954. The number of nitrogens with zero attached hydrogens (tertiary/aromatic N) is 3. The number of hydrogen-bond acceptors (Lipinski definition) is 9. The van der Waals surface area contributed by atoms with Crippen molar-refractivity contribution in [1.29, 1.82) is 0 Å². The number of aromatic nitrogens is 3. The normalized spacial score (nSPS) is 11.0. The van der Waals surface area contributed by atoms with Gasteiger partial charge in [-0.05, 0) is 61.0 Å². The Kier molecular flexibility index (Phi) is 9.64. The number of carbonyl (C=O) groups is 1. The van der Waals surface area contributed by atoms with Gasteiger partial charge in [0.2, 0.25) is 0 Å². The van der Waals surface area contributed by atoms with E-state index in [1.807, 2.05) is 0 Å². The molecule has 0 aliphatic carbocycles. The molecule has 0 saturated heterocycles. The lowest BCUT2D eigenvalue weighted by molar-refractivity contribution is 0.0987. The molecule has 0 aliphatic heterocycles. The lowest BCUT2D eigenvalue weighted by Gasteiger charge is -2.14. The molecule has 0 spiro atoms. The Morgan fingerprint density at radius 2 is 1.69 bits per heavy atom. The van der Waals surface area contributed by atoms with Crippen LogP contribution < -0.4 is 24.5 Å². The van der Waals surface area contributed by atoms with Gasteiger partial charge in [-0.15, -0.1) is 0 Å². The summed E-state index contributed by atoms with van der Waals surface area (Å²) in [6.45, 7) is 2.54. The van der Waals surface area contributed by atoms with E-state index in [0.29, 0.717) is 34.6 Å².